The Bertz CT molecular complexity index is 478. The summed E-state index contributed by atoms with van der Waals surface area (Å²) in [6.07, 6.45) is 20.5. The molecule has 0 aromatic rings. The fourth-order valence-electron chi connectivity index (χ4n) is 4.08. The number of primary amides is 1. The zero-order chi connectivity index (χ0) is 22.2. The van der Waals surface area contributed by atoms with E-state index in [4.69, 9.17) is 19.9 Å². The Labute approximate surface area is 185 Å². The van der Waals surface area contributed by atoms with Crippen LogP contribution in [0.4, 0.5) is 4.79 Å². The molecule has 2 N–H and O–H groups in total. The lowest BCUT2D eigenvalue weighted by atomic mass is 10.0. The summed E-state index contributed by atoms with van der Waals surface area (Å²) < 4.78 is 17.2. The van der Waals surface area contributed by atoms with Crippen molar-refractivity contribution in [3.63, 3.8) is 0 Å². The van der Waals surface area contributed by atoms with Gasteiger partial charge in [-0.2, -0.15) is 0 Å². The molecule has 0 unspecified atom stereocenters. The Morgan fingerprint density at radius 3 is 1.97 bits per heavy atom. The molecule has 0 spiro atoms. The third-order valence-electron chi connectivity index (χ3n) is 5.75. The van der Waals surface area contributed by atoms with Crippen LogP contribution in [0.3, 0.4) is 0 Å². The highest BCUT2D eigenvalue weighted by atomic mass is 16.7. The van der Waals surface area contributed by atoms with E-state index in [0.717, 1.165) is 12.8 Å². The topological polar surface area (TPSA) is 70.8 Å². The summed E-state index contributed by atoms with van der Waals surface area (Å²) in [4.78, 5) is 11.0. The standard InChI is InChI=1S/C25H47NO4/c1-5-7-8-9-10-11-12-13-14-15-16-17-18-22-23(30-25(3,4)29-22)20-19-21(6-2)28-24(26)27/h19-23H,5-18H2,1-4H3,(H2,26,27)/b20-19+/t21-,22-,23-/m0/s1. The molecule has 1 fully saturated rings. The van der Waals surface area contributed by atoms with Gasteiger partial charge in [0.25, 0.3) is 0 Å². The second-order valence-corrected chi connectivity index (χ2v) is 9.08. The number of carbonyl (C=O) groups is 1. The van der Waals surface area contributed by atoms with Crippen LogP contribution in [0.15, 0.2) is 12.2 Å². The van der Waals surface area contributed by atoms with Crippen LogP contribution < -0.4 is 5.73 Å². The Morgan fingerprint density at radius 1 is 0.933 bits per heavy atom. The zero-order valence-electron chi connectivity index (χ0n) is 20.0. The highest BCUT2D eigenvalue weighted by Crippen LogP contribution is 2.32. The molecule has 176 valence electrons. The van der Waals surface area contributed by atoms with E-state index < -0.39 is 11.9 Å². The summed E-state index contributed by atoms with van der Waals surface area (Å²) in [5.41, 5.74) is 5.13. The van der Waals surface area contributed by atoms with Crippen molar-refractivity contribution in [3.05, 3.63) is 12.2 Å². The van der Waals surface area contributed by atoms with Crippen LogP contribution in [0.1, 0.15) is 118 Å². The number of unbranched alkanes of at least 4 members (excludes halogenated alkanes) is 11. The van der Waals surface area contributed by atoms with E-state index in [1.807, 2.05) is 32.9 Å². The molecule has 1 aliphatic rings. The van der Waals surface area contributed by atoms with Gasteiger partial charge in [0.2, 0.25) is 0 Å². The van der Waals surface area contributed by atoms with Crippen molar-refractivity contribution in [1.82, 2.24) is 0 Å². The minimum atomic E-state index is -0.747. The molecule has 3 atom stereocenters. The molecular weight excluding hydrogens is 378 g/mol. The lowest BCUT2D eigenvalue weighted by molar-refractivity contribution is -0.143. The van der Waals surface area contributed by atoms with E-state index in [-0.39, 0.29) is 18.3 Å². The lowest BCUT2D eigenvalue weighted by Gasteiger charge is -2.16. The Morgan fingerprint density at radius 2 is 1.47 bits per heavy atom. The van der Waals surface area contributed by atoms with E-state index in [2.05, 4.69) is 6.92 Å². The first-order valence-electron chi connectivity index (χ1n) is 12.4. The number of ether oxygens (including phenoxy) is 3. The van der Waals surface area contributed by atoms with E-state index in [0.29, 0.717) is 6.42 Å². The Kier molecular flexibility index (Phi) is 14.1. The number of hydrogen-bond donors (Lipinski definition) is 1. The number of nitrogens with two attached hydrogens (primary N) is 1. The van der Waals surface area contributed by atoms with Crippen LogP contribution in [0, 0.1) is 0 Å². The lowest BCUT2D eigenvalue weighted by Crippen LogP contribution is -2.23. The van der Waals surface area contributed by atoms with Gasteiger partial charge in [-0.15, -0.1) is 0 Å². The van der Waals surface area contributed by atoms with Crippen LogP contribution >= 0.6 is 0 Å². The summed E-state index contributed by atoms with van der Waals surface area (Å²) in [6, 6.07) is 0. The SMILES string of the molecule is CCCCCCCCCCCCCC[C@@H]1OC(C)(C)O[C@H]1/C=C/[C@H](CC)OC(N)=O. The predicted octanol–water partition coefficient (Wildman–Crippen LogP) is 7.03. The van der Waals surface area contributed by atoms with Gasteiger partial charge in [0, 0.05) is 0 Å². The van der Waals surface area contributed by atoms with Gasteiger partial charge < -0.3 is 19.9 Å². The van der Waals surface area contributed by atoms with Gasteiger partial charge in [0.15, 0.2) is 5.79 Å². The van der Waals surface area contributed by atoms with E-state index >= 15 is 0 Å². The highest BCUT2D eigenvalue weighted by Gasteiger charge is 2.39. The first kappa shape index (κ1) is 27.0. The fraction of sp³-hybridized carbons (Fsp3) is 0.880. The van der Waals surface area contributed by atoms with Gasteiger partial charge in [-0.3, -0.25) is 0 Å². The molecule has 0 saturated carbocycles. The van der Waals surface area contributed by atoms with Crippen LogP contribution in [0.2, 0.25) is 0 Å². The summed E-state index contributed by atoms with van der Waals surface area (Å²) in [6.45, 7) is 8.13. The molecular formula is C25H47NO4. The Balaban J connectivity index is 2.20. The monoisotopic (exact) mass is 425 g/mol. The van der Waals surface area contributed by atoms with Crippen LogP contribution in [-0.4, -0.2) is 30.2 Å². The van der Waals surface area contributed by atoms with Crippen molar-refractivity contribution in [3.8, 4) is 0 Å². The van der Waals surface area contributed by atoms with Crippen molar-refractivity contribution in [2.24, 2.45) is 5.73 Å². The summed E-state index contributed by atoms with van der Waals surface area (Å²) in [5.74, 6) is -0.580. The van der Waals surface area contributed by atoms with Crippen LogP contribution in [-0.2, 0) is 14.2 Å². The zero-order valence-corrected chi connectivity index (χ0v) is 20.0. The molecule has 5 nitrogen and oxygen atoms in total. The molecule has 0 radical (unpaired) electrons. The van der Waals surface area contributed by atoms with Crippen molar-refractivity contribution >= 4 is 6.09 Å². The maximum atomic E-state index is 11.0. The van der Waals surface area contributed by atoms with Gasteiger partial charge in [0.1, 0.15) is 12.2 Å². The molecule has 30 heavy (non-hydrogen) atoms. The first-order valence-corrected chi connectivity index (χ1v) is 12.4. The van der Waals surface area contributed by atoms with Gasteiger partial charge in [0.05, 0.1) is 6.10 Å². The molecule has 1 saturated heterocycles. The molecule has 0 bridgehead atoms. The van der Waals surface area contributed by atoms with E-state index in [9.17, 15) is 4.79 Å². The quantitative estimate of drug-likeness (QED) is 0.201. The number of amides is 1. The fourth-order valence-corrected chi connectivity index (χ4v) is 4.08. The van der Waals surface area contributed by atoms with Gasteiger partial charge in [-0.25, -0.2) is 4.79 Å². The van der Waals surface area contributed by atoms with Crippen LogP contribution in [0.5, 0.6) is 0 Å². The van der Waals surface area contributed by atoms with Gasteiger partial charge in [-0.05, 0) is 32.8 Å². The summed E-state index contributed by atoms with van der Waals surface area (Å²) >= 11 is 0. The van der Waals surface area contributed by atoms with E-state index in [1.54, 1.807) is 0 Å². The second kappa shape index (κ2) is 15.7. The number of hydrogen-bond acceptors (Lipinski definition) is 4. The first-order chi connectivity index (χ1) is 14.4. The molecule has 1 rings (SSSR count). The van der Waals surface area contributed by atoms with Gasteiger partial charge in [-0.1, -0.05) is 97.0 Å². The molecule has 1 amide bonds. The normalized spacial score (nSPS) is 21.9. The molecule has 5 heteroatoms. The smallest absolute Gasteiger partial charge is 0.405 e. The van der Waals surface area contributed by atoms with Crippen molar-refractivity contribution in [2.75, 3.05) is 0 Å². The minimum Gasteiger partial charge on any atom is -0.442 e. The molecule has 0 aliphatic carbocycles. The third-order valence-corrected chi connectivity index (χ3v) is 5.75. The average Bonchev–Trinajstić information content (AvgIpc) is 2.99. The summed E-state index contributed by atoms with van der Waals surface area (Å²) in [7, 11) is 0. The highest BCUT2D eigenvalue weighted by molar-refractivity contribution is 5.65. The third kappa shape index (κ3) is 12.6. The van der Waals surface area contributed by atoms with Crippen molar-refractivity contribution in [2.45, 2.75) is 142 Å². The average molecular weight is 426 g/mol. The predicted molar refractivity (Wildman–Crippen MR) is 123 cm³/mol. The summed E-state index contributed by atoms with van der Waals surface area (Å²) in [5, 5.41) is 0. The largest absolute Gasteiger partial charge is 0.442 e. The molecule has 1 heterocycles. The molecule has 0 aromatic carbocycles. The second-order valence-electron chi connectivity index (χ2n) is 9.08. The van der Waals surface area contributed by atoms with Crippen molar-refractivity contribution < 1.29 is 19.0 Å². The molecule has 0 aromatic heterocycles. The number of carbonyl (C=O) groups excluding carboxylic acids is 1. The maximum Gasteiger partial charge on any atom is 0.405 e. The number of rotatable bonds is 17. The molecule has 1 aliphatic heterocycles. The van der Waals surface area contributed by atoms with E-state index in [1.165, 1.54) is 70.6 Å². The Hall–Kier alpha value is -1.07. The minimum absolute atomic E-state index is 0.0467. The van der Waals surface area contributed by atoms with Gasteiger partial charge >= 0.3 is 6.09 Å². The maximum absolute atomic E-state index is 11.0. The van der Waals surface area contributed by atoms with Crippen molar-refractivity contribution in [1.29, 1.82) is 0 Å². The van der Waals surface area contributed by atoms with Crippen LogP contribution in [0.25, 0.3) is 0 Å².